The highest BCUT2D eigenvalue weighted by molar-refractivity contribution is 7.92. The topological polar surface area (TPSA) is 93.2 Å². The van der Waals surface area contributed by atoms with E-state index in [9.17, 15) is 8.42 Å². The summed E-state index contributed by atoms with van der Waals surface area (Å²) in [6.45, 7) is 3.78. The van der Waals surface area contributed by atoms with Crippen LogP contribution in [-0.4, -0.2) is 25.5 Å². The molecule has 0 saturated carbocycles. The molecule has 0 aliphatic carbocycles. The molecule has 0 bridgehead atoms. The first-order valence-electron chi connectivity index (χ1n) is 9.77. The molecule has 32 heavy (non-hydrogen) atoms. The lowest BCUT2D eigenvalue weighted by molar-refractivity contribution is 0.402. The summed E-state index contributed by atoms with van der Waals surface area (Å²) in [5.74, 6) is 0.313. The Balaban J connectivity index is 1.49. The average molecular weight is 467 g/mol. The van der Waals surface area contributed by atoms with Crippen LogP contribution in [0.15, 0.2) is 71.2 Å². The smallest absolute Gasteiger partial charge is 0.265 e. The lowest BCUT2D eigenvalue weighted by Crippen LogP contribution is -2.14. The Morgan fingerprint density at radius 3 is 2.28 bits per heavy atom. The second-order valence-electron chi connectivity index (χ2n) is 7.17. The fraction of sp³-hybridized carbons (Fsp3) is 0.130. The van der Waals surface area contributed by atoms with Crippen LogP contribution in [0.3, 0.4) is 0 Å². The van der Waals surface area contributed by atoms with Crippen LogP contribution in [0.1, 0.15) is 11.1 Å². The summed E-state index contributed by atoms with van der Waals surface area (Å²) in [6.07, 6.45) is 3.46. The van der Waals surface area contributed by atoms with Crippen molar-refractivity contribution in [2.24, 2.45) is 0 Å². The Morgan fingerprint density at radius 2 is 1.59 bits per heavy atom. The van der Waals surface area contributed by atoms with Crippen molar-refractivity contribution < 1.29 is 13.2 Å². The summed E-state index contributed by atoms with van der Waals surface area (Å²) in [5, 5.41) is 5.95. The maximum absolute atomic E-state index is 12.9. The number of aryl methyl sites for hydroxylation is 2. The van der Waals surface area contributed by atoms with Crippen LogP contribution in [0.2, 0.25) is 0 Å². The van der Waals surface area contributed by atoms with E-state index in [1.54, 1.807) is 48.8 Å². The van der Waals surface area contributed by atoms with Gasteiger partial charge in [0.05, 0.1) is 12.8 Å². The van der Waals surface area contributed by atoms with E-state index in [0.717, 1.165) is 33.2 Å². The van der Waals surface area contributed by atoms with Crippen LogP contribution in [0.5, 0.6) is 5.75 Å². The number of benzene rings is 2. The molecule has 0 atom stereocenters. The van der Waals surface area contributed by atoms with Gasteiger partial charge in [0.1, 0.15) is 10.6 Å². The van der Waals surface area contributed by atoms with Crippen LogP contribution in [-0.2, 0) is 10.0 Å². The maximum atomic E-state index is 12.9. The molecule has 2 aromatic heterocycles. The molecule has 2 heterocycles. The molecule has 4 rings (SSSR count). The third-order valence-corrected chi connectivity index (χ3v) is 7.10. The van der Waals surface area contributed by atoms with E-state index in [2.05, 4.69) is 20.0 Å². The summed E-state index contributed by atoms with van der Waals surface area (Å²) in [6, 6.07) is 14.1. The van der Waals surface area contributed by atoms with Gasteiger partial charge in [-0.05, 0) is 73.5 Å². The van der Waals surface area contributed by atoms with Crippen LogP contribution >= 0.6 is 11.3 Å². The normalized spacial score (nSPS) is 11.2. The molecule has 2 N–H and O–H groups in total. The van der Waals surface area contributed by atoms with Crippen molar-refractivity contribution in [1.82, 2.24) is 9.97 Å². The standard InChI is InChI=1S/C23H22N4O3S2/c1-15-12-21(30-3)22(13-16(15)2)32(28,29)27-19-6-4-18(5-7-19)25-23-26-20(14-31-23)17-8-10-24-11-9-17/h4-14,27H,1-3H3,(H,25,26). The molecule has 164 valence electrons. The number of anilines is 3. The first-order valence-corrected chi connectivity index (χ1v) is 12.1. The van der Waals surface area contributed by atoms with Gasteiger partial charge in [-0.2, -0.15) is 0 Å². The van der Waals surface area contributed by atoms with Crippen molar-refractivity contribution in [3.05, 3.63) is 77.4 Å². The van der Waals surface area contributed by atoms with Gasteiger partial charge in [0, 0.05) is 34.7 Å². The lowest BCUT2D eigenvalue weighted by Gasteiger charge is -2.14. The first-order chi connectivity index (χ1) is 15.4. The number of nitrogens with one attached hydrogen (secondary N) is 2. The van der Waals surface area contributed by atoms with Crippen LogP contribution in [0, 0.1) is 13.8 Å². The zero-order chi connectivity index (χ0) is 22.7. The van der Waals surface area contributed by atoms with Crippen molar-refractivity contribution in [2.75, 3.05) is 17.1 Å². The van der Waals surface area contributed by atoms with E-state index in [1.165, 1.54) is 18.4 Å². The van der Waals surface area contributed by atoms with Crippen LogP contribution < -0.4 is 14.8 Å². The molecule has 7 nitrogen and oxygen atoms in total. The Bertz CT molecular complexity index is 1340. The number of ether oxygens (including phenoxy) is 1. The van der Waals surface area contributed by atoms with Gasteiger partial charge in [0.25, 0.3) is 10.0 Å². The number of pyridine rings is 1. The zero-order valence-corrected chi connectivity index (χ0v) is 19.4. The van der Waals surface area contributed by atoms with Crippen molar-refractivity contribution in [2.45, 2.75) is 18.7 Å². The molecular weight excluding hydrogens is 444 g/mol. The number of sulfonamides is 1. The Morgan fingerprint density at radius 1 is 0.938 bits per heavy atom. The predicted molar refractivity (Wildman–Crippen MR) is 128 cm³/mol. The third-order valence-electron chi connectivity index (χ3n) is 4.94. The fourth-order valence-corrected chi connectivity index (χ4v) is 5.11. The molecule has 0 radical (unpaired) electrons. The van der Waals surface area contributed by atoms with Gasteiger partial charge in [-0.25, -0.2) is 13.4 Å². The number of hydrogen-bond acceptors (Lipinski definition) is 7. The van der Waals surface area contributed by atoms with Crippen molar-refractivity contribution in [3.8, 4) is 17.0 Å². The highest BCUT2D eigenvalue weighted by atomic mass is 32.2. The molecule has 0 amide bonds. The quantitative estimate of drug-likeness (QED) is 0.380. The second-order valence-corrected chi connectivity index (χ2v) is 9.68. The number of hydrogen-bond donors (Lipinski definition) is 2. The molecule has 0 unspecified atom stereocenters. The molecule has 0 aliphatic rings. The van der Waals surface area contributed by atoms with Crippen molar-refractivity contribution >= 4 is 37.9 Å². The van der Waals surface area contributed by atoms with E-state index in [4.69, 9.17) is 4.74 Å². The van der Waals surface area contributed by atoms with Crippen LogP contribution in [0.4, 0.5) is 16.5 Å². The number of rotatable bonds is 7. The van der Waals surface area contributed by atoms with Gasteiger partial charge >= 0.3 is 0 Å². The molecule has 9 heteroatoms. The summed E-state index contributed by atoms with van der Waals surface area (Å²) in [7, 11) is -2.34. The SMILES string of the molecule is COc1cc(C)c(C)cc1S(=O)(=O)Nc1ccc(Nc2nc(-c3ccncc3)cs2)cc1. The molecular formula is C23H22N4O3S2. The number of nitrogens with zero attached hydrogens (tertiary/aromatic N) is 2. The lowest BCUT2D eigenvalue weighted by atomic mass is 10.1. The highest BCUT2D eigenvalue weighted by Gasteiger charge is 2.21. The molecule has 0 spiro atoms. The van der Waals surface area contributed by atoms with E-state index >= 15 is 0 Å². The number of aromatic nitrogens is 2. The van der Waals surface area contributed by atoms with Crippen molar-refractivity contribution in [1.29, 1.82) is 0 Å². The molecule has 0 aliphatic heterocycles. The summed E-state index contributed by atoms with van der Waals surface area (Å²) in [4.78, 5) is 8.71. The van der Waals surface area contributed by atoms with Gasteiger partial charge in [-0.15, -0.1) is 11.3 Å². The minimum atomic E-state index is -3.81. The van der Waals surface area contributed by atoms with E-state index in [-0.39, 0.29) is 4.90 Å². The van der Waals surface area contributed by atoms with Gasteiger partial charge in [0.15, 0.2) is 5.13 Å². The van der Waals surface area contributed by atoms with Crippen LogP contribution in [0.25, 0.3) is 11.3 Å². The third kappa shape index (κ3) is 4.74. The fourth-order valence-electron chi connectivity index (χ4n) is 3.07. The summed E-state index contributed by atoms with van der Waals surface area (Å²) < 4.78 is 33.8. The summed E-state index contributed by atoms with van der Waals surface area (Å²) >= 11 is 1.49. The predicted octanol–water partition coefficient (Wildman–Crippen LogP) is 5.37. The first kappa shape index (κ1) is 21.8. The molecule has 2 aromatic carbocycles. The number of thiazole rings is 1. The van der Waals surface area contributed by atoms with E-state index in [1.807, 2.05) is 31.4 Å². The molecule has 4 aromatic rings. The minimum absolute atomic E-state index is 0.108. The van der Waals surface area contributed by atoms with Gasteiger partial charge in [-0.3, -0.25) is 9.71 Å². The molecule has 0 saturated heterocycles. The van der Waals surface area contributed by atoms with Gasteiger partial charge < -0.3 is 10.1 Å². The summed E-state index contributed by atoms with van der Waals surface area (Å²) in [5.41, 5.74) is 4.95. The largest absolute Gasteiger partial charge is 0.495 e. The van der Waals surface area contributed by atoms with Gasteiger partial charge in [0.2, 0.25) is 0 Å². The Labute approximate surface area is 191 Å². The second kappa shape index (κ2) is 8.97. The maximum Gasteiger partial charge on any atom is 0.265 e. The Hall–Kier alpha value is -3.43. The molecule has 0 fully saturated rings. The van der Waals surface area contributed by atoms with Gasteiger partial charge in [-0.1, -0.05) is 0 Å². The highest BCUT2D eigenvalue weighted by Crippen LogP contribution is 2.30. The average Bonchev–Trinajstić information content (AvgIpc) is 3.25. The van der Waals surface area contributed by atoms with Crippen molar-refractivity contribution in [3.63, 3.8) is 0 Å². The van der Waals surface area contributed by atoms with E-state index in [0.29, 0.717) is 11.4 Å². The number of methoxy groups -OCH3 is 1. The Kier molecular flexibility index (Phi) is 6.11. The zero-order valence-electron chi connectivity index (χ0n) is 17.8. The monoisotopic (exact) mass is 466 g/mol. The minimum Gasteiger partial charge on any atom is -0.495 e. The van der Waals surface area contributed by atoms with E-state index < -0.39 is 10.0 Å².